The Morgan fingerprint density at radius 1 is 0.895 bits per heavy atom. The molecule has 1 saturated carbocycles. The average Bonchev–Trinajstić information content (AvgIpc) is 2.66. The van der Waals surface area contributed by atoms with E-state index >= 15 is 0 Å². The largest absolute Gasteiger partial charge is 0.391 e. The van der Waals surface area contributed by atoms with Crippen LogP contribution in [-0.2, 0) is 4.79 Å². The van der Waals surface area contributed by atoms with Gasteiger partial charge in [0, 0.05) is 19.0 Å². The first-order valence-corrected chi connectivity index (χ1v) is 7.34. The molecule has 2 rings (SSSR count). The van der Waals surface area contributed by atoms with Gasteiger partial charge in [0.2, 0.25) is 5.91 Å². The molecule has 2 fully saturated rings. The van der Waals surface area contributed by atoms with E-state index < -0.39 is 12.1 Å². The molecule has 19 heavy (non-hydrogen) atoms. The zero-order chi connectivity index (χ0) is 13.9. The smallest absolute Gasteiger partial charge is 0.342 e. The van der Waals surface area contributed by atoms with Crippen molar-refractivity contribution < 1.29 is 18.0 Å². The number of amides is 1. The Bertz CT molecular complexity index is 300. The fraction of sp³-hybridized carbons (Fsp3) is 0.929. The van der Waals surface area contributed by atoms with Gasteiger partial charge in [0.05, 0.1) is 5.92 Å². The van der Waals surface area contributed by atoms with Crippen molar-refractivity contribution in [1.82, 2.24) is 4.90 Å². The number of likely N-dealkylation sites (tertiary alicyclic amines) is 1. The Morgan fingerprint density at radius 2 is 1.42 bits per heavy atom. The number of nitrogens with zero attached hydrogens (tertiary/aromatic N) is 1. The van der Waals surface area contributed by atoms with Crippen LogP contribution in [0, 0.1) is 11.8 Å². The van der Waals surface area contributed by atoms with Crippen LogP contribution in [0.5, 0.6) is 0 Å². The fourth-order valence-electron chi connectivity index (χ4n) is 3.22. The third-order valence-electron chi connectivity index (χ3n) is 4.46. The highest BCUT2D eigenvalue weighted by atomic mass is 19.4. The van der Waals surface area contributed by atoms with Crippen molar-refractivity contribution >= 4 is 5.91 Å². The molecular weight excluding hydrogens is 255 g/mol. The lowest BCUT2D eigenvalue weighted by Crippen LogP contribution is -2.39. The molecule has 2 aliphatic rings. The van der Waals surface area contributed by atoms with Crippen LogP contribution in [0.1, 0.15) is 51.4 Å². The second-order valence-corrected chi connectivity index (χ2v) is 5.83. The van der Waals surface area contributed by atoms with Crippen LogP contribution in [-0.4, -0.2) is 30.1 Å². The molecule has 0 unspecified atom stereocenters. The van der Waals surface area contributed by atoms with Crippen molar-refractivity contribution in [2.24, 2.45) is 11.8 Å². The summed E-state index contributed by atoms with van der Waals surface area (Å²) < 4.78 is 37.7. The van der Waals surface area contributed by atoms with Crippen molar-refractivity contribution in [1.29, 1.82) is 0 Å². The molecule has 110 valence electrons. The van der Waals surface area contributed by atoms with Gasteiger partial charge in [-0.2, -0.15) is 13.2 Å². The lowest BCUT2D eigenvalue weighted by Gasteiger charge is -2.32. The van der Waals surface area contributed by atoms with Crippen molar-refractivity contribution in [3.8, 4) is 0 Å². The number of halogens is 3. The van der Waals surface area contributed by atoms with Gasteiger partial charge < -0.3 is 4.90 Å². The molecule has 1 aliphatic heterocycles. The van der Waals surface area contributed by atoms with E-state index in [0.717, 1.165) is 38.8 Å². The van der Waals surface area contributed by atoms with Gasteiger partial charge in [-0.25, -0.2) is 0 Å². The molecule has 0 atom stereocenters. The summed E-state index contributed by atoms with van der Waals surface area (Å²) in [5.41, 5.74) is 0. The summed E-state index contributed by atoms with van der Waals surface area (Å²) in [6.07, 6.45) is 1.33. The number of carbonyl (C=O) groups excluding carboxylic acids is 1. The molecule has 0 bridgehead atoms. The van der Waals surface area contributed by atoms with Crippen LogP contribution in [0.15, 0.2) is 0 Å². The third-order valence-corrected chi connectivity index (χ3v) is 4.46. The summed E-state index contributed by atoms with van der Waals surface area (Å²) in [7, 11) is 0. The minimum Gasteiger partial charge on any atom is -0.342 e. The summed E-state index contributed by atoms with van der Waals surface area (Å²) in [5, 5.41) is 0. The topological polar surface area (TPSA) is 20.3 Å². The van der Waals surface area contributed by atoms with Gasteiger partial charge >= 0.3 is 6.18 Å². The number of alkyl halides is 3. The zero-order valence-corrected chi connectivity index (χ0v) is 11.2. The molecule has 0 aromatic carbocycles. The molecule has 1 saturated heterocycles. The maximum Gasteiger partial charge on any atom is 0.391 e. The zero-order valence-electron chi connectivity index (χ0n) is 11.2. The van der Waals surface area contributed by atoms with Crippen LogP contribution in [0.4, 0.5) is 13.2 Å². The molecule has 0 aromatic rings. The standard InChI is InChI=1S/C14H22F3NO/c15-14(16,17)12-7-5-11(6-8-12)13(19)18-9-3-1-2-4-10-18/h11-12H,1-10H2. The van der Waals surface area contributed by atoms with E-state index in [1.807, 2.05) is 4.90 Å². The SMILES string of the molecule is O=C(C1CCC(C(F)(F)F)CC1)N1CCCCCC1. The Hall–Kier alpha value is -0.740. The Labute approximate surface area is 112 Å². The van der Waals surface area contributed by atoms with Crippen molar-refractivity contribution in [3.63, 3.8) is 0 Å². The van der Waals surface area contributed by atoms with Crippen molar-refractivity contribution in [2.75, 3.05) is 13.1 Å². The van der Waals surface area contributed by atoms with Gasteiger partial charge in [0.25, 0.3) is 0 Å². The van der Waals surface area contributed by atoms with Gasteiger partial charge in [-0.05, 0) is 38.5 Å². The Balaban J connectivity index is 1.85. The molecule has 0 N–H and O–H groups in total. The molecule has 0 aromatic heterocycles. The van der Waals surface area contributed by atoms with Crippen molar-refractivity contribution in [2.45, 2.75) is 57.5 Å². The molecule has 0 spiro atoms. The minimum atomic E-state index is -4.09. The van der Waals surface area contributed by atoms with E-state index in [1.165, 1.54) is 0 Å². The number of carbonyl (C=O) groups is 1. The first-order chi connectivity index (χ1) is 8.98. The Kier molecular flexibility index (Phi) is 4.74. The molecule has 2 nitrogen and oxygen atoms in total. The molecule has 5 heteroatoms. The first-order valence-electron chi connectivity index (χ1n) is 7.34. The lowest BCUT2D eigenvalue weighted by molar-refractivity contribution is -0.185. The molecule has 1 heterocycles. The quantitative estimate of drug-likeness (QED) is 0.714. The highest BCUT2D eigenvalue weighted by Crippen LogP contribution is 2.40. The molecule has 1 aliphatic carbocycles. The van der Waals surface area contributed by atoms with Gasteiger partial charge in [-0.3, -0.25) is 4.79 Å². The Morgan fingerprint density at radius 3 is 1.89 bits per heavy atom. The predicted molar refractivity (Wildman–Crippen MR) is 66.6 cm³/mol. The lowest BCUT2D eigenvalue weighted by atomic mass is 9.81. The fourth-order valence-corrected chi connectivity index (χ4v) is 3.22. The second-order valence-electron chi connectivity index (χ2n) is 5.83. The first kappa shape index (κ1) is 14.7. The number of rotatable bonds is 1. The normalized spacial score (nSPS) is 29.9. The van der Waals surface area contributed by atoms with Crippen LogP contribution in [0.25, 0.3) is 0 Å². The van der Waals surface area contributed by atoms with Crippen molar-refractivity contribution in [3.05, 3.63) is 0 Å². The number of hydrogen-bond donors (Lipinski definition) is 0. The van der Waals surface area contributed by atoms with Crippen LogP contribution in [0.2, 0.25) is 0 Å². The van der Waals surface area contributed by atoms with Crippen LogP contribution >= 0.6 is 0 Å². The predicted octanol–water partition coefficient (Wildman–Crippen LogP) is 3.76. The van der Waals surface area contributed by atoms with E-state index in [1.54, 1.807) is 0 Å². The molecule has 0 radical (unpaired) electrons. The van der Waals surface area contributed by atoms with Gasteiger partial charge in [-0.15, -0.1) is 0 Å². The van der Waals surface area contributed by atoms with Gasteiger partial charge in [0.1, 0.15) is 0 Å². The number of hydrogen-bond acceptors (Lipinski definition) is 1. The van der Waals surface area contributed by atoms with E-state index in [0.29, 0.717) is 12.8 Å². The summed E-state index contributed by atoms with van der Waals surface area (Å²) in [4.78, 5) is 14.2. The average molecular weight is 277 g/mol. The van der Waals surface area contributed by atoms with Gasteiger partial charge in [0.15, 0.2) is 0 Å². The van der Waals surface area contributed by atoms with E-state index in [2.05, 4.69) is 0 Å². The highest BCUT2D eigenvalue weighted by molar-refractivity contribution is 5.79. The summed E-state index contributed by atoms with van der Waals surface area (Å²) in [5.74, 6) is -1.26. The van der Waals surface area contributed by atoms with Gasteiger partial charge in [-0.1, -0.05) is 12.8 Å². The summed E-state index contributed by atoms with van der Waals surface area (Å²) in [6, 6.07) is 0. The van der Waals surface area contributed by atoms with Crippen LogP contribution in [0.3, 0.4) is 0 Å². The van der Waals surface area contributed by atoms with E-state index in [-0.39, 0.29) is 24.7 Å². The molecular formula is C14H22F3NO. The summed E-state index contributed by atoms with van der Waals surface area (Å²) >= 11 is 0. The highest BCUT2D eigenvalue weighted by Gasteiger charge is 2.42. The monoisotopic (exact) mass is 277 g/mol. The maximum absolute atomic E-state index is 12.6. The van der Waals surface area contributed by atoms with E-state index in [9.17, 15) is 18.0 Å². The van der Waals surface area contributed by atoms with E-state index in [4.69, 9.17) is 0 Å². The summed E-state index contributed by atoms with van der Waals surface area (Å²) in [6.45, 7) is 1.58. The minimum absolute atomic E-state index is 0.0996. The molecule has 1 amide bonds. The third kappa shape index (κ3) is 3.86. The maximum atomic E-state index is 12.6. The second kappa shape index (κ2) is 6.14. The van der Waals surface area contributed by atoms with Crippen LogP contribution < -0.4 is 0 Å².